The van der Waals surface area contributed by atoms with Gasteiger partial charge in [0.05, 0.1) is 12.6 Å². The molecule has 0 spiro atoms. The lowest BCUT2D eigenvalue weighted by molar-refractivity contribution is -0.114. The first-order chi connectivity index (χ1) is 11.7. The molecule has 0 unspecified atom stereocenters. The minimum Gasteiger partial charge on any atom is -0.490 e. The predicted octanol–water partition coefficient (Wildman–Crippen LogP) is 4.37. The molecule has 126 valence electrons. The summed E-state index contributed by atoms with van der Waals surface area (Å²) in [6.07, 6.45) is 5.11. The Morgan fingerprint density at radius 3 is 2.58 bits per heavy atom. The topological polar surface area (TPSA) is 50.4 Å². The molecule has 0 bridgehead atoms. The van der Waals surface area contributed by atoms with Gasteiger partial charge in [-0.25, -0.2) is 0 Å². The Hall–Kier alpha value is -2.49. The number of amides is 1. The number of nitrogens with one attached hydrogen (secondary N) is 2. The number of benzene rings is 2. The molecular weight excluding hydrogens is 300 g/mol. The number of carbonyl (C=O) groups is 1. The maximum absolute atomic E-state index is 12.0. The Kier molecular flexibility index (Phi) is 5.36. The lowest BCUT2D eigenvalue weighted by atomic mass is 10.2. The van der Waals surface area contributed by atoms with Gasteiger partial charge in [-0.2, -0.15) is 0 Å². The van der Waals surface area contributed by atoms with Crippen molar-refractivity contribution in [2.24, 2.45) is 0 Å². The lowest BCUT2D eigenvalue weighted by Crippen LogP contribution is -2.21. The number of hydrogen-bond donors (Lipinski definition) is 2. The fourth-order valence-corrected chi connectivity index (χ4v) is 2.90. The molecule has 0 heterocycles. The largest absolute Gasteiger partial charge is 0.490 e. The van der Waals surface area contributed by atoms with E-state index in [0.29, 0.717) is 6.10 Å². The van der Waals surface area contributed by atoms with Gasteiger partial charge < -0.3 is 15.4 Å². The van der Waals surface area contributed by atoms with E-state index in [1.807, 2.05) is 55.5 Å². The number of ether oxygens (including phenoxy) is 1. The predicted molar refractivity (Wildman–Crippen MR) is 97.6 cm³/mol. The highest BCUT2D eigenvalue weighted by Crippen LogP contribution is 2.25. The van der Waals surface area contributed by atoms with E-state index >= 15 is 0 Å². The zero-order valence-corrected chi connectivity index (χ0v) is 14.0. The second kappa shape index (κ2) is 7.86. The van der Waals surface area contributed by atoms with Crippen LogP contribution in [0.2, 0.25) is 0 Å². The van der Waals surface area contributed by atoms with Crippen LogP contribution in [0.1, 0.15) is 31.2 Å². The second-order valence-electron chi connectivity index (χ2n) is 6.32. The average Bonchev–Trinajstić information content (AvgIpc) is 3.08. The van der Waals surface area contributed by atoms with E-state index in [-0.39, 0.29) is 12.5 Å². The molecule has 4 heteroatoms. The van der Waals surface area contributed by atoms with Crippen molar-refractivity contribution in [1.29, 1.82) is 0 Å². The van der Waals surface area contributed by atoms with Gasteiger partial charge in [0.25, 0.3) is 0 Å². The van der Waals surface area contributed by atoms with Crippen LogP contribution in [0.5, 0.6) is 5.75 Å². The van der Waals surface area contributed by atoms with Crippen molar-refractivity contribution >= 4 is 17.3 Å². The molecule has 0 aromatic heterocycles. The molecule has 2 N–H and O–H groups in total. The lowest BCUT2D eigenvalue weighted by Gasteiger charge is -2.14. The maximum Gasteiger partial charge on any atom is 0.243 e. The molecule has 3 rings (SSSR count). The van der Waals surface area contributed by atoms with E-state index in [2.05, 4.69) is 10.6 Å². The Labute approximate surface area is 143 Å². The van der Waals surface area contributed by atoms with Crippen LogP contribution in [0.25, 0.3) is 0 Å². The molecule has 1 fully saturated rings. The van der Waals surface area contributed by atoms with Crippen LogP contribution in [0, 0.1) is 6.92 Å². The molecule has 1 saturated carbocycles. The van der Waals surface area contributed by atoms with Crippen molar-refractivity contribution in [3.8, 4) is 5.75 Å². The third kappa shape index (κ3) is 4.75. The van der Waals surface area contributed by atoms with Crippen molar-refractivity contribution < 1.29 is 9.53 Å². The highest BCUT2D eigenvalue weighted by atomic mass is 16.5. The Balaban J connectivity index is 1.50. The van der Waals surface area contributed by atoms with Crippen molar-refractivity contribution in [3.05, 3.63) is 54.1 Å². The Morgan fingerprint density at radius 1 is 1.08 bits per heavy atom. The monoisotopic (exact) mass is 324 g/mol. The van der Waals surface area contributed by atoms with E-state index in [9.17, 15) is 4.79 Å². The van der Waals surface area contributed by atoms with Crippen LogP contribution in [0.15, 0.2) is 48.5 Å². The van der Waals surface area contributed by atoms with Gasteiger partial charge in [0.15, 0.2) is 0 Å². The van der Waals surface area contributed by atoms with Gasteiger partial charge in [0, 0.05) is 17.4 Å². The summed E-state index contributed by atoms with van der Waals surface area (Å²) in [5, 5.41) is 6.03. The van der Waals surface area contributed by atoms with Crippen molar-refractivity contribution in [3.63, 3.8) is 0 Å². The summed E-state index contributed by atoms with van der Waals surface area (Å²) >= 11 is 0. The summed E-state index contributed by atoms with van der Waals surface area (Å²) in [6, 6.07) is 15.6. The minimum absolute atomic E-state index is 0.0685. The van der Waals surface area contributed by atoms with Crippen LogP contribution >= 0.6 is 0 Å². The van der Waals surface area contributed by atoms with Crippen molar-refractivity contribution in [2.75, 3.05) is 17.2 Å². The molecule has 0 atom stereocenters. The highest BCUT2D eigenvalue weighted by Gasteiger charge is 2.16. The molecule has 24 heavy (non-hydrogen) atoms. The summed E-state index contributed by atoms with van der Waals surface area (Å²) in [6.45, 7) is 2.24. The minimum atomic E-state index is -0.0685. The molecule has 1 aliphatic carbocycles. The zero-order valence-electron chi connectivity index (χ0n) is 14.0. The van der Waals surface area contributed by atoms with Crippen molar-refractivity contribution in [2.45, 2.75) is 38.7 Å². The van der Waals surface area contributed by atoms with Crippen LogP contribution < -0.4 is 15.4 Å². The van der Waals surface area contributed by atoms with Gasteiger partial charge in [0.1, 0.15) is 5.75 Å². The third-order valence-corrected chi connectivity index (χ3v) is 4.23. The third-order valence-electron chi connectivity index (χ3n) is 4.23. The summed E-state index contributed by atoms with van der Waals surface area (Å²) in [7, 11) is 0. The number of rotatable bonds is 6. The quantitative estimate of drug-likeness (QED) is 0.829. The van der Waals surface area contributed by atoms with Crippen LogP contribution in [0.3, 0.4) is 0 Å². The van der Waals surface area contributed by atoms with E-state index in [0.717, 1.165) is 30.0 Å². The SMILES string of the molecule is Cc1ccc(NC(=O)CNc2cccc(OC3CCCC3)c2)cc1. The zero-order chi connectivity index (χ0) is 16.8. The summed E-state index contributed by atoms with van der Waals surface area (Å²) in [5.41, 5.74) is 2.88. The van der Waals surface area contributed by atoms with Gasteiger partial charge in [-0.3, -0.25) is 4.79 Å². The fourth-order valence-electron chi connectivity index (χ4n) is 2.90. The van der Waals surface area contributed by atoms with Gasteiger partial charge in [0.2, 0.25) is 5.91 Å². The molecule has 0 radical (unpaired) electrons. The first-order valence-corrected chi connectivity index (χ1v) is 8.56. The summed E-state index contributed by atoms with van der Waals surface area (Å²) < 4.78 is 5.99. The van der Waals surface area contributed by atoms with Crippen LogP contribution in [-0.4, -0.2) is 18.6 Å². The second-order valence-corrected chi connectivity index (χ2v) is 6.32. The Bertz CT molecular complexity index is 676. The van der Waals surface area contributed by atoms with Gasteiger partial charge in [-0.05, 0) is 56.9 Å². The van der Waals surface area contributed by atoms with E-state index in [1.165, 1.54) is 18.4 Å². The standard InChI is InChI=1S/C20H24N2O2/c1-15-9-11-16(12-10-15)22-20(23)14-21-17-5-4-8-19(13-17)24-18-6-2-3-7-18/h4-5,8-13,18,21H,2-3,6-7,14H2,1H3,(H,22,23). The molecule has 0 aliphatic heterocycles. The van der Waals surface area contributed by atoms with Crippen LogP contribution in [-0.2, 0) is 4.79 Å². The molecule has 1 aliphatic rings. The molecule has 1 amide bonds. The number of carbonyl (C=O) groups excluding carboxylic acids is 1. The van der Waals surface area contributed by atoms with E-state index in [1.54, 1.807) is 0 Å². The molecule has 2 aromatic rings. The normalized spacial score (nSPS) is 14.4. The molecular formula is C20H24N2O2. The number of aryl methyl sites for hydroxylation is 1. The Morgan fingerprint density at radius 2 is 1.83 bits per heavy atom. The summed E-state index contributed by atoms with van der Waals surface area (Å²) in [4.78, 5) is 12.0. The highest BCUT2D eigenvalue weighted by molar-refractivity contribution is 5.93. The van der Waals surface area contributed by atoms with Crippen molar-refractivity contribution in [1.82, 2.24) is 0 Å². The number of hydrogen-bond acceptors (Lipinski definition) is 3. The van der Waals surface area contributed by atoms with Gasteiger partial charge in [-0.1, -0.05) is 23.8 Å². The van der Waals surface area contributed by atoms with Gasteiger partial charge in [-0.15, -0.1) is 0 Å². The fraction of sp³-hybridized carbons (Fsp3) is 0.350. The number of anilines is 2. The smallest absolute Gasteiger partial charge is 0.243 e. The molecule has 2 aromatic carbocycles. The van der Waals surface area contributed by atoms with E-state index < -0.39 is 0 Å². The van der Waals surface area contributed by atoms with Gasteiger partial charge >= 0.3 is 0 Å². The first-order valence-electron chi connectivity index (χ1n) is 8.56. The van der Waals surface area contributed by atoms with Crippen LogP contribution in [0.4, 0.5) is 11.4 Å². The average molecular weight is 324 g/mol. The van der Waals surface area contributed by atoms with E-state index in [4.69, 9.17) is 4.74 Å². The molecule has 4 nitrogen and oxygen atoms in total. The first kappa shape index (κ1) is 16.4. The molecule has 0 saturated heterocycles. The maximum atomic E-state index is 12.0. The summed E-state index contributed by atoms with van der Waals surface area (Å²) in [5.74, 6) is 0.798.